The Bertz CT molecular complexity index is 477. The number of hydrogen-bond donors (Lipinski definition) is 1. The van der Waals surface area contributed by atoms with Crippen molar-refractivity contribution >= 4 is 63.9 Å². The van der Waals surface area contributed by atoms with Gasteiger partial charge in [-0.1, -0.05) is 48.8 Å². The molecule has 1 aliphatic carbocycles. The molecular formula is C11H7FS4. The Hall–Kier alpha value is -0.230. The SMILES string of the molecule is Fc1ccc(C2C(=S)C(=S)C(=S)C2S)cc1. The zero-order valence-corrected chi connectivity index (χ0v) is 11.4. The maximum Gasteiger partial charge on any atom is 0.123 e. The maximum atomic E-state index is 12.8. The number of benzene rings is 1. The smallest absolute Gasteiger partial charge is 0.123 e. The van der Waals surface area contributed by atoms with E-state index >= 15 is 0 Å². The van der Waals surface area contributed by atoms with Crippen LogP contribution in [0, 0.1) is 5.82 Å². The summed E-state index contributed by atoms with van der Waals surface area (Å²) in [5, 5.41) is -0.166. The van der Waals surface area contributed by atoms with Gasteiger partial charge in [0.2, 0.25) is 0 Å². The van der Waals surface area contributed by atoms with Crippen molar-refractivity contribution in [1.82, 2.24) is 0 Å². The van der Waals surface area contributed by atoms with Crippen molar-refractivity contribution in [2.75, 3.05) is 0 Å². The third-order valence-electron chi connectivity index (χ3n) is 2.54. The van der Waals surface area contributed by atoms with Crippen molar-refractivity contribution in [1.29, 1.82) is 0 Å². The number of hydrogen-bond acceptors (Lipinski definition) is 4. The number of thiol groups is 1. The van der Waals surface area contributed by atoms with Gasteiger partial charge in [-0.25, -0.2) is 4.39 Å². The first-order chi connectivity index (χ1) is 7.52. The molecule has 1 saturated carbocycles. The Morgan fingerprint density at radius 1 is 1.00 bits per heavy atom. The fraction of sp³-hybridized carbons (Fsp3) is 0.182. The predicted octanol–water partition coefficient (Wildman–Crippen LogP) is 3.33. The molecule has 5 heteroatoms. The average molecular weight is 286 g/mol. The van der Waals surface area contributed by atoms with Gasteiger partial charge in [0, 0.05) is 15.6 Å². The summed E-state index contributed by atoms with van der Waals surface area (Å²) < 4.78 is 12.8. The Labute approximate surface area is 115 Å². The normalized spacial score (nSPS) is 25.2. The highest BCUT2D eigenvalue weighted by Gasteiger charge is 2.38. The van der Waals surface area contributed by atoms with Gasteiger partial charge < -0.3 is 0 Å². The van der Waals surface area contributed by atoms with Crippen LogP contribution in [-0.2, 0) is 0 Å². The topological polar surface area (TPSA) is 0 Å². The van der Waals surface area contributed by atoms with Crippen LogP contribution >= 0.6 is 49.3 Å². The molecule has 1 fully saturated rings. The molecule has 0 amide bonds. The lowest BCUT2D eigenvalue weighted by Crippen LogP contribution is -2.14. The number of halogens is 1. The summed E-state index contributed by atoms with van der Waals surface area (Å²) in [5.41, 5.74) is 0.911. The molecule has 0 radical (unpaired) electrons. The first-order valence-corrected chi connectivity index (χ1v) is 6.32. The summed E-state index contributed by atoms with van der Waals surface area (Å²) in [5.74, 6) is -0.368. The molecule has 0 spiro atoms. The molecular weight excluding hydrogens is 279 g/mol. The van der Waals surface area contributed by atoms with Gasteiger partial charge in [0.05, 0.1) is 10.1 Å². The van der Waals surface area contributed by atoms with Gasteiger partial charge in [0.15, 0.2) is 0 Å². The highest BCUT2D eigenvalue weighted by Crippen LogP contribution is 2.33. The first-order valence-electron chi connectivity index (χ1n) is 4.58. The first kappa shape index (κ1) is 12.2. The Morgan fingerprint density at radius 2 is 1.56 bits per heavy atom. The van der Waals surface area contributed by atoms with Crippen LogP contribution in [0.25, 0.3) is 0 Å². The van der Waals surface area contributed by atoms with E-state index in [1.807, 2.05) is 0 Å². The van der Waals surface area contributed by atoms with Gasteiger partial charge in [-0.05, 0) is 17.7 Å². The van der Waals surface area contributed by atoms with Crippen LogP contribution in [0.2, 0.25) is 0 Å². The van der Waals surface area contributed by atoms with E-state index in [9.17, 15) is 4.39 Å². The molecule has 1 aliphatic rings. The van der Waals surface area contributed by atoms with Crippen molar-refractivity contribution in [3.05, 3.63) is 35.6 Å². The summed E-state index contributed by atoms with van der Waals surface area (Å²) in [6.45, 7) is 0. The van der Waals surface area contributed by atoms with Crippen molar-refractivity contribution in [2.24, 2.45) is 0 Å². The highest BCUT2D eigenvalue weighted by molar-refractivity contribution is 7.97. The summed E-state index contributed by atoms with van der Waals surface area (Å²) in [6.07, 6.45) is 0. The number of rotatable bonds is 1. The van der Waals surface area contributed by atoms with E-state index in [4.69, 9.17) is 36.7 Å². The summed E-state index contributed by atoms with van der Waals surface area (Å²) in [6, 6.07) is 6.21. The van der Waals surface area contributed by atoms with Crippen molar-refractivity contribution < 1.29 is 4.39 Å². The highest BCUT2D eigenvalue weighted by atomic mass is 32.1. The summed E-state index contributed by atoms with van der Waals surface area (Å²) in [7, 11) is 0. The number of thiocarbonyl (C=S) groups is 3. The second-order valence-electron chi connectivity index (χ2n) is 3.53. The third-order valence-corrected chi connectivity index (χ3v) is 4.89. The van der Waals surface area contributed by atoms with Crippen molar-refractivity contribution in [3.8, 4) is 0 Å². The van der Waals surface area contributed by atoms with Crippen LogP contribution in [0.4, 0.5) is 4.39 Å². The maximum absolute atomic E-state index is 12.8. The minimum absolute atomic E-state index is 0.0982. The fourth-order valence-corrected chi connectivity index (χ4v) is 3.28. The molecule has 2 atom stereocenters. The average Bonchev–Trinajstić information content (AvgIpc) is 2.46. The van der Waals surface area contributed by atoms with E-state index in [0.29, 0.717) is 14.6 Å². The van der Waals surface area contributed by atoms with Gasteiger partial charge >= 0.3 is 0 Å². The van der Waals surface area contributed by atoms with Crippen LogP contribution in [0.1, 0.15) is 11.5 Å². The molecule has 16 heavy (non-hydrogen) atoms. The second-order valence-corrected chi connectivity index (χ2v) is 5.38. The van der Waals surface area contributed by atoms with Gasteiger partial charge in [-0.15, -0.1) is 0 Å². The minimum Gasteiger partial charge on any atom is -0.207 e. The van der Waals surface area contributed by atoms with Crippen molar-refractivity contribution in [2.45, 2.75) is 11.2 Å². The molecule has 1 aromatic carbocycles. The predicted molar refractivity (Wildman–Crippen MR) is 79.7 cm³/mol. The molecule has 0 aliphatic heterocycles. The van der Waals surface area contributed by atoms with Crippen LogP contribution in [0.3, 0.4) is 0 Å². The van der Waals surface area contributed by atoms with Crippen molar-refractivity contribution in [3.63, 3.8) is 0 Å². The zero-order valence-electron chi connectivity index (χ0n) is 8.01. The lowest BCUT2D eigenvalue weighted by molar-refractivity contribution is 0.627. The molecule has 2 unspecified atom stereocenters. The minimum atomic E-state index is -0.270. The lowest BCUT2D eigenvalue weighted by Gasteiger charge is -2.14. The molecule has 0 N–H and O–H groups in total. The Kier molecular flexibility index (Phi) is 3.49. The summed E-state index contributed by atoms with van der Waals surface area (Å²) >= 11 is 20.0. The van der Waals surface area contributed by atoms with E-state index in [2.05, 4.69) is 12.6 Å². The van der Waals surface area contributed by atoms with Gasteiger partial charge in [0.25, 0.3) is 0 Å². The lowest BCUT2D eigenvalue weighted by atomic mass is 9.97. The molecule has 1 aromatic rings. The van der Waals surface area contributed by atoms with Crippen LogP contribution in [-0.4, -0.2) is 19.8 Å². The largest absolute Gasteiger partial charge is 0.207 e. The zero-order chi connectivity index (χ0) is 11.9. The Morgan fingerprint density at radius 3 is 2.00 bits per heavy atom. The quantitative estimate of drug-likeness (QED) is 0.621. The van der Waals surface area contributed by atoms with E-state index in [1.165, 1.54) is 12.1 Å². The summed E-state index contributed by atoms with van der Waals surface area (Å²) in [4.78, 5) is 1.82. The van der Waals surface area contributed by atoms with Gasteiger partial charge in [-0.3, -0.25) is 0 Å². The Balaban J connectivity index is 2.42. The van der Waals surface area contributed by atoms with E-state index in [0.717, 1.165) is 5.56 Å². The van der Waals surface area contributed by atoms with E-state index in [-0.39, 0.29) is 17.0 Å². The molecule has 0 heterocycles. The molecule has 2 rings (SSSR count). The van der Waals surface area contributed by atoms with Crippen LogP contribution < -0.4 is 0 Å². The molecule has 0 nitrogen and oxygen atoms in total. The molecule has 0 saturated heterocycles. The van der Waals surface area contributed by atoms with Gasteiger partial charge in [-0.2, -0.15) is 12.6 Å². The van der Waals surface area contributed by atoms with E-state index in [1.54, 1.807) is 12.1 Å². The van der Waals surface area contributed by atoms with Crippen LogP contribution in [0.15, 0.2) is 24.3 Å². The standard InChI is InChI=1S/C11H7FS4/c12-6-3-1-5(2-4-6)7-8(13)10(15)11(16)9(7)14/h1-4,7-8,13H. The second kappa shape index (κ2) is 4.56. The van der Waals surface area contributed by atoms with Crippen LogP contribution in [0.5, 0.6) is 0 Å². The molecule has 0 bridgehead atoms. The fourth-order valence-electron chi connectivity index (χ4n) is 1.70. The van der Waals surface area contributed by atoms with E-state index < -0.39 is 0 Å². The van der Waals surface area contributed by atoms with Gasteiger partial charge in [0.1, 0.15) is 5.82 Å². The third kappa shape index (κ3) is 1.97. The monoisotopic (exact) mass is 286 g/mol. The molecule has 82 valence electrons. The molecule has 0 aromatic heterocycles.